The van der Waals surface area contributed by atoms with Gasteiger partial charge in [-0.1, -0.05) is 6.07 Å². The molecule has 3 rings (SSSR count). The van der Waals surface area contributed by atoms with E-state index in [1.165, 1.54) is 0 Å². The van der Waals surface area contributed by atoms with Crippen molar-refractivity contribution in [2.24, 2.45) is 0 Å². The molecule has 1 aliphatic carbocycles. The Morgan fingerprint density at radius 1 is 1.21 bits per heavy atom. The van der Waals surface area contributed by atoms with Gasteiger partial charge < -0.3 is 20.7 Å². The van der Waals surface area contributed by atoms with Crippen molar-refractivity contribution in [2.45, 2.75) is 18.9 Å². The van der Waals surface area contributed by atoms with Gasteiger partial charge in [-0.05, 0) is 31.0 Å². The highest BCUT2D eigenvalue weighted by Crippen LogP contribution is 2.20. The largest absolute Gasteiger partial charge is 0.379 e. The minimum atomic E-state index is -0.261. The van der Waals surface area contributed by atoms with Crippen molar-refractivity contribution in [3.63, 3.8) is 0 Å². The van der Waals surface area contributed by atoms with Gasteiger partial charge in [-0.2, -0.15) is 0 Å². The van der Waals surface area contributed by atoms with Gasteiger partial charge >= 0.3 is 6.03 Å². The summed E-state index contributed by atoms with van der Waals surface area (Å²) < 4.78 is 5.29. The van der Waals surface area contributed by atoms with Gasteiger partial charge in [0.1, 0.15) is 0 Å². The molecule has 1 heterocycles. The van der Waals surface area contributed by atoms with Gasteiger partial charge in [0.2, 0.25) is 0 Å². The lowest BCUT2D eigenvalue weighted by Crippen LogP contribution is -2.42. The molecule has 3 amide bonds. The van der Waals surface area contributed by atoms with Crippen LogP contribution in [0.25, 0.3) is 0 Å². The number of amides is 3. The van der Waals surface area contributed by atoms with Gasteiger partial charge in [0.15, 0.2) is 0 Å². The number of carbonyl (C=O) groups excluding carboxylic acids is 2. The standard InChI is InChI=1S/C17H24N4O3/c22-16(19-14-4-5-14)13-2-1-3-15(12-13)20-17(23)18-6-7-21-8-10-24-11-9-21/h1-3,12,14H,4-11H2,(H,19,22)(H2,18,20,23). The SMILES string of the molecule is O=C(NCCN1CCOCC1)Nc1cccc(C(=O)NC2CC2)c1. The van der Waals surface area contributed by atoms with E-state index in [0.717, 1.165) is 45.7 Å². The fourth-order valence-corrected chi connectivity index (χ4v) is 2.56. The Balaban J connectivity index is 1.42. The number of nitrogens with zero attached hydrogens (tertiary/aromatic N) is 1. The zero-order chi connectivity index (χ0) is 16.8. The molecule has 7 nitrogen and oxygen atoms in total. The Labute approximate surface area is 141 Å². The van der Waals surface area contributed by atoms with Gasteiger partial charge in [0, 0.05) is 43.5 Å². The summed E-state index contributed by atoms with van der Waals surface area (Å²) in [5.74, 6) is -0.0890. The van der Waals surface area contributed by atoms with E-state index in [0.29, 0.717) is 23.8 Å². The second-order valence-electron chi connectivity index (χ2n) is 6.16. The van der Waals surface area contributed by atoms with E-state index in [1.807, 2.05) is 0 Å². The highest BCUT2D eigenvalue weighted by molar-refractivity contribution is 5.97. The number of carbonyl (C=O) groups is 2. The molecule has 1 aliphatic heterocycles. The molecule has 0 radical (unpaired) electrons. The Kier molecular flexibility index (Phi) is 5.66. The third-order valence-corrected chi connectivity index (χ3v) is 4.11. The highest BCUT2D eigenvalue weighted by atomic mass is 16.5. The van der Waals surface area contributed by atoms with Crippen molar-refractivity contribution >= 4 is 17.6 Å². The Morgan fingerprint density at radius 2 is 2.00 bits per heavy atom. The summed E-state index contributed by atoms with van der Waals surface area (Å²) in [6.45, 7) is 4.70. The smallest absolute Gasteiger partial charge is 0.319 e. The molecule has 0 bridgehead atoms. The van der Waals surface area contributed by atoms with Crippen LogP contribution in [0.3, 0.4) is 0 Å². The lowest BCUT2D eigenvalue weighted by Gasteiger charge is -2.26. The molecule has 130 valence electrons. The number of nitrogens with one attached hydrogen (secondary N) is 3. The summed E-state index contributed by atoms with van der Waals surface area (Å²) in [6.07, 6.45) is 2.10. The summed E-state index contributed by atoms with van der Waals surface area (Å²) in [5.41, 5.74) is 1.18. The zero-order valence-electron chi connectivity index (χ0n) is 13.7. The first-order valence-electron chi connectivity index (χ1n) is 8.46. The quantitative estimate of drug-likeness (QED) is 0.727. The first-order chi connectivity index (χ1) is 11.7. The van der Waals surface area contributed by atoms with E-state index in [1.54, 1.807) is 24.3 Å². The van der Waals surface area contributed by atoms with Gasteiger partial charge in [-0.25, -0.2) is 4.79 Å². The molecular weight excluding hydrogens is 308 g/mol. The van der Waals surface area contributed by atoms with E-state index >= 15 is 0 Å². The van der Waals surface area contributed by atoms with Crippen molar-refractivity contribution in [1.82, 2.24) is 15.5 Å². The molecule has 0 atom stereocenters. The molecule has 1 saturated heterocycles. The van der Waals surface area contributed by atoms with Crippen LogP contribution in [0, 0.1) is 0 Å². The second kappa shape index (κ2) is 8.12. The number of benzene rings is 1. The van der Waals surface area contributed by atoms with Gasteiger partial charge in [0.05, 0.1) is 13.2 Å². The number of anilines is 1. The first kappa shape index (κ1) is 16.7. The van der Waals surface area contributed by atoms with Crippen LogP contribution >= 0.6 is 0 Å². The Hall–Kier alpha value is -2.12. The summed E-state index contributed by atoms with van der Waals surface area (Å²) in [6, 6.07) is 7.04. The van der Waals surface area contributed by atoms with E-state index in [9.17, 15) is 9.59 Å². The molecule has 2 aliphatic rings. The maximum absolute atomic E-state index is 12.0. The topological polar surface area (TPSA) is 82.7 Å². The van der Waals surface area contributed by atoms with E-state index in [4.69, 9.17) is 4.74 Å². The molecule has 1 aromatic rings. The van der Waals surface area contributed by atoms with Crippen LogP contribution in [0.15, 0.2) is 24.3 Å². The summed E-state index contributed by atoms with van der Waals surface area (Å²) in [4.78, 5) is 26.2. The van der Waals surface area contributed by atoms with Crippen LogP contribution in [0.5, 0.6) is 0 Å². The number of urea groups is 1. The third kappa shape index (κ3) is 5.21. The van der Waals surface area contributed by atoms with E-state index < -0.39 is 0 Å². The van der Waals surface area contributed by atoms with Gasteiger partial charge in [-0.15, -0.1) is 0 Å². The lowest BCUT2D eigenvalue weighted by atomic mass is 10.2. The average molecular weight is 332 g/mol. The van der Waals surface area contributed by atoms with Gasteiger partial charge in [0.25, 0.3) is 5.91 Å². The monoisotopic (exact) mass is 332 g/mol. The molecule has 2 fully saturated rings. The van der Waals surface area contributed by atoms with E-state index in [-0.39, 0.29) is 11.9 Å². The van der Waals surface area contributed by atoms with Crippen LogP contribution in [0.2, 0.25) is 0 Å². The van der Waals surface area contributed by atoms with Crippen molar-refractivity contribution in [3.8, 4) is 0 Å². The highest BCUT2D eigenvalue weighted by Gasteiger charge is 2.23. The van der Waals surface area contributed by atoms with E-state index in [2.05, 4.69) is 20.9 Å². The maximum Gasteiger partial charge on any atom is 0.319 e. The minimum absolute atomic E-state index is 0.0890. The van der Waals surface area contributed by atoms with Crippen molar-refractivity contribution in [3.05, 3.63) is 29.8 Å². The predicted octanol–water partition coefficient (Wildman–Crippen LogP) is 1.03. The summed E-state index contributed by atoms with van der Waals surface area (Å²) in [7, 11) is 0. The molecule has 24 heavy (non-hydrogen) atoms. The molecule has 3 N–H and O–H groups in total. The van der Waals surface area contributed by atoms with Crippen molar-refractivity contribution < 1.29 is 14.3 Å². The zero-order valence-corrected chi connectivity index (χ0v) is 13.7. The molecule has 1 aromatic carbocycles. The summed E-state index contributed by atoms with van der Waals surface area (Å²) in [5, 5.41) is 8.55. The van der Waals surface area contributed by atoms with Gasteiger partial charge in [-0.3, -0.25) is 9.69 Å². The molecule has 1 saturated carbocycles. The minimum Gasteiger partial charge on any atom is -0.379 e. The Morgan fingerprint density at radius 3 is 2.75 bits per heavy atom. The first-order valence-corrected chi connectivity index (χ1v) is 8.46. The number of ether oxygens (including phenoxy) is 1. The normalized spacial score (nSPS) is 18.0. The van der Waals surface area contributed by atoms with Crippen LogP contribution < -0.4 is 16.0 Å². The summed E-state index contributed by atoms with van der Waals surface area (Å²) >= 11 is 0. The van der Waals surface area contributed by atoms with Crippen LogP contribution in [-0.4, -0.2) is 62.3 Å². The molecule has 0 aromatic heterocycles. The average Bonchev–Trinajstić information content (AvgIpc) is 3.40. The van der Waals surface area contributed by atoms with Crippen LogP contribution in [0.4, 0.5) is 10.5 Å². The van der Waals surface area contributed by atoms with Crippen molar-refractivity contribution in [2.75, 3.05) is 44.7 Å². The Bertz CT molecular complexity index is 583. The predicted molar refractivity (Wildman–Crippen MR) is 91.2 cm³/mol. The molecule has 0 unspecified atom stereocenters. The fraction of sp³-hybridized carbons (Fsp3) is 0.529. The van der Waals surface area contributed by atoms with Crippen LogP contribution in [-0.2, 0) is 4.74 Å². The molecule has 7 heteroatoms. The molecular formula is C17H24N4O3. The maximum atomic E-state index is 12.0. The second-order valence-corrected chi connectivity index (χ2v) is 6.16. The molecule has 0 spiro atoms. The van der Waals surface area contributed by atoms with Crippen molar-refractivity contribution in [1.29, 1.82) is 0 Å². The number of hydrogen-bond acceptors (Lipinski definition) is 4. The number of rotatable bonds is 6. The third-order valence-electron chi connectivity index (χ3n) is 4.11. The van der Waals surface area contributed by atoms with Crippen LogP contribution in [0.1, 0.15) is 23.2 Å². The number of hydrogen-bond donors (Lipinski definition) is 3. The lowest BCUT2D eigenvalue weighted by molar-refractivity contribution is 0.0388. The fourth-order valence-electron chi connectivity index (χ4n) is 2.56. The number of morpholine rings is 1.